The van der Waals surface area contributed by atoms with Crippen LogP contribution in [0.5, 0.6) is 0 Å². The molecule has 0 aromatic heterocycles. The highest BCUT2D eigenvalue weighted by Crippen LogP contribution is 2.36. The summed E-state index contributed by atoms with van der Waals surface area (Å²) in [6.07, 6.45) is -4.95. The van der Waals surface area contributed by atoms with Crippen molar-refractivity contribution in [3.05, 3.63) is 34.3 Å². The van der Waals surface area contributed by atoms with Crippen molar-refractivity contribution in [3.63, 3.8) is 0 Å². The van der Waals surface area contributed by atoms with Gasteiger partial charge in [0, 0.05) is 23.5 Å². The summed E-state index contributed by atoms with van der Waals surface area (Å²) in [4.78, 5) is 24.2. The Morgan fingerprint density at radius 1 is 1.26 bits per heavy atom. The van der Waals surface area contributed by atoms with Crippen molar-refractivity contribution in [1.82, 2.24) is 4.90 Å². The summed E-state index contributed by atoms with van der Waals surface area (Å²) < 4.78 is 43.7. The summed E-state index contributed by atoms with van der Waals surface area (Å²) >= 11 is 3.28. The monoisotopic (exact) mass is 393 g/mol. The Hall–Kier alpha value is -1.57. The first-order valence-electron chi connectivity index (χ1n) is 7.02. The van der Waals surface area contributed by atoms with E-state index < -0.39 is 29.9 Å². The maximum Gasteiger partial charge on any atom is 0.471 e. The molecule has 0 N–H and O–H groups in total. The van der Waals surface area contributed by atoms with Crippen molar-refractivity contribution >= 4 is 27.8 Å². The Kier molecular flexibility index (Phi) is 5.33. The maximum atomic E-state index is 12.6. The number of hydrogen-bond acceptors (Lipinski definition) is 3. The minimum atomic E-state index is -4.95. The number of halogens is 4. The summed E-state index contributed by atoms with van der Waals surface area (Å²) in [5.41, 5.74) is 0.698. The fraction of sp³-hybridized carbons (Fsp3) is 0.467. The summed E-state index contributed by atoms with van der Waals surface area (Å²) in [5.74, 6) is -3.83. The highest BCUT2D eigenvalue weighted by Gasteiger charge is 2.49. The van der Waals surface area contributed by atoms with Gasteiger partial charge in [-0.15, -0.1) is 0 Å². The van der Waals surface area contributed by atoms with Crippen molar-refractivity contribution in [2.75, 3.05) is 19.7 Å². The quantitative estimate of drug-likeness (QED) is 0.741. The molecule has 1 aromatic rings. The van der Waals surface area contributed by atoms with Crippen LogP contribution in [0.2, 0.25) is 0 Å². The van der Waals surface area contributed by atoms with E-state index in [2.05, 4.69) is 15.9 Å². The van der Waals surface area contributed by atoms with E-state index in [1.165, 1.54) is 0 Å². The standard InChI is InChI=1S/C15H15BrF3NO3/c1-2-23-13(21)12-8-20(14(22)15(17,18)19)7-11(12)9-3-5-10(16)6-4-9/h3-6,11-12H,2,7-8H2,1H3/t11-,12+/m1/s1. The molecule has 1 heterocycles. The smallest absolute Gasteiger partial charge is 0.466 e. The number of likely N-dealkylation sites (tertiary alicyclic amines) is 1. The van der Waals surface area contributed by atoms with Gasteiger partial charge in [-0.25, -0.2) is 0 Å². The molecule has 1 fully saturated rings. The average molecular weight is 394 g/mol. The highest BCUT2D eigenvalue weighted by molar-refractivity contribution is 9.10. The Balaban J connectivity index is 2.27. The lowest BCUT2D eigenvalue weighted by atomic mass is 9.89. The normalized spacial score (nSPS) is 21.3. The molecular weight excluding hydrogens is 379 g/mol. The third-order valence-electron chi connectivity index (χ3n) is 3.74. The van der Waals surface area contributed by atoms with Gasteiger partial charge in [0.15, 0.2) is 0 Å². The number of alkyl halides is 3. The van der Waals surface area contributed by atoms with Gasteiger partial charge in [0.25, 0.3) is 0 Å². The number of amides is 1. The Bertz CT molecular complexity index is 589. The second-order valence-electron chi connectivity index (χ2n) is 5.22. The van der Waals surface area contributed by atoms with E-state index in [0.717, 1.165) is 4.47 Å². The van der Waals surface area contributed by atoms with Crippen LogP contribution < -0.4 is 0 Å². The molecule has 2 rings (SSSR count). The third-order valence-corrected chi connectivity index (χ3v) is 4.27. The van der Waals surface area contributed by atoms with Gasteiger partial charge in [-0.05, 0) is 24.6 Å². The maximum absolute atomic E-state index is 12.6. The van der Waals surface area contributed by atoms with Crippen LogP contribution in [0.15, 0.2) is 28.7 Å². The number of carbonyl (C=O) groups excluding carboxylic acids is 2. The van der Waals surface area contributed by atoms with Crippen LogP contribution in [-0.2, 0) is 14.3 Å². The van der Waals surface area contributed by atoms with Gasteiger partial charge in [-0.2, -0.15) is 13.2 Å². The topological polar surface area (TPSA) is 46.6 Å². The molecule has 0 saturated carbocycles. The van der Waals surface area contributed by atoms with E-state index in [1.807, 2.05) is 0 Å². The van der Waals surface area contributed by atoms with Gasteiger partial charge in [0.05, 0.1) is 12.5 Å². The molecule has 1 aliphatic heterocycles. The van der Waals surface area contributed by atoms with E-state index >= 15 is 0 Å². The molecule has 4 nitrogen and oxygen atoms in total. The zero-order valence-electron chi connectivity index (χ0n) is 12.3. The summed E-state index contributed by atoms with van der Waals surface area (Å²) in [7, 11) is 0. The molecule has 0 spiro atoms. The van der Waals surface area contributed by atoms with Crippen LogP contribution in [-0.4, -0.2) is 42.6 Å². The van der Waals surface area contributed by atoms with Gasteiger partial charge >= 0.3 is 18.1 Å². The zero-order chi connectivity index (χ0) is 17.2. The van der Waals surface area contributed by atoms with Crippen LogP contribution in [0.3, 0.4) is 0 Å². The van der Waals surface area contributed by atoms with Crippen LogP contribution in [0.25, 0.3) is 0 Å². The van der Waals surface area contributed by atoms with Gasteiger partial charge < -0.3 is 9.64 Å². The number of benzene rings is 1. The van der Waals surface area contributed by atoms with Crippen molar-refractivity contribution < 1.29 is 27.5 Å². The Morgan fingerprint density at radius 3 is 2.39 bits per heavy atom. The number of ether oxygens (including phenoxy) is 1. The molecule has 0 radical (unpaired) electrons. The number of hydrogen-bond donors (Lipinski definition) is 0. The van der Waals surface area contributed by atoms with Gasteiger partial charge in [0.1, 0.15) is 0 Å². The van der Waals surface area contributed by atoms with Crippen molar-refractivity contribution in [2.24, 2.45) is 5.92 Å². The lowest BCUT2D eigenvalue weighted by Gasteiger charge is -2.18. The minimum Gasteiger partial charge on any atom is -0.466 e. The summed E-state index contributed by atoms with van der Waals surface area (Å²) in [6, 6.07) is 6.93. The van der Waals surface area contributed by atoms with E-state index in [0.29, 0.717) is 10.5 Å². The first kappa shape index (κ1) is 17.8. The minimum absolute atomic E-state index is 0.135. The number of nitrogens with zero attached hydrogens (tertiary/aromatic N) is 1. The van der Waals surface area contributed by atoms with Gasteiger partial charge in [0.2, 0.25) is 0 Å². The number of rotatable bonds is 3. The van der Waals surface area contributed by atoms with Crippen LogP contribution >= 0.6 is 15.9 Å². The number of esters is 1. The van der Waals surface area contributed by atoms with Crippen molar-refractivity contribution in [1.29, 1.82) is 0 Å². The first-order chi connectivity index (χ1) is 10.7. The Morgan fingerprint density at radius 2 is 1.87 bits per heavy atom. The molecule has 1 aromatic carbocycles. The average Bonchev–Trinajstić information content (AvgIpc) is 2.91. The van der Waals surface area contributed by atoms with Crippen molar-refractivity contribution in [3.8, 4) is 0 Å². The molecular formula is C15H15BrF3NO3. The first-order valence-corrected chi connectivity index (χ1v) is 7.81. The van der Waals surface area contributed by atoms with E-state index in [4.69, 9.17) is 4.74 Å². The largest absolute Gasteiger partial charge is 0.471 e. The third kappa shape index (κ3) is 4.04. The van der Waals surface area contributed by atoms with E-state index in [1.54, 1.807) is 31.2 Å². The number of carbonyl (C=O) groups is 2. The summed E-state index contributed by atoms with van der Waals surface area (Å²) in [6.45, 7) is 1.30. The van der Waals surface area contributed by atoms with E-state index in [-0.39, 0.29) is 19.7 Å². The van der Waals surface area contributed by atoms with Gasteiger partial charge in [-0.1, -0.05) is 28.1 Å². The molecule has 1 amide bonds. The fourth-order valence-corrected chi connectivity index (χ4v) is 2.95. The molecule has 1 saturated heterocycles. The molecule has 23 heavy (non-hydrogen) atoms. The zero-order valence-corrected chi connectivity index (χ0v) is 13.9. The molecule has 126 valence electrons. The second-order valence-corrected chi connectivity index (χ2v) is 6.14. The van der Waals surface area contributed by atoms with E-state index in [9.17, 15) is 22.8 Å². The Labute approximate surface area is 139 Å². The van der Waals surface area contributed by atoms with Crippen LogP contribution in [0.4, 0.5) is 13.2 Å². The molecule has 1 aliphatic rings. The lowest BCUT2D eigenvalue weighted by Crippen LogP contribution is -2.40. The SMILES string of the molecule is CCOC(=O)[C@H]1CN(C(=O)C(F)(F)F)C[C@@H]1c1ccc(Br)cc1. The highest BCUT2D eigenvalue weighted by atomic mass is 79.9. The second kappa shape index (κ2) is 6.90. The fourth-order valence-electron chi connectivity index (χ4n) is 2.68. The molecule has 0 aliphatic carbocycles. The molecule has 0 unspecified atom stereocenters. The van der Waals surface area contributed by atoms with Crippen LogP contribution in [0.1, 0.15) is 18.4 Å². The predicted octanol–water partition coefficient (Wildman–Crippen LogP) is 3.12. The predicted molar refractivity (Wildman–Crippen MR) is 79.6 cm³/mol. The van der Waals surface area contributed by atoms with Gasteiger partial charge in [-0.3, -0.25) is 9.59 Å². The molecule has 0 bridgehead atoms. The lowest BCUT2D eigenvalue weighted by molar-refractivity contribution is -0.184. The molecule has 8 heteroatoms. The summed E-state index contributed by atoms with van der Waals surface area (Å²) in [5, 5.41) is 0. The molecule has 2 atom stereocenters. The van der Waals surface area contributed by atoms with Crippen LogP contribution in [0, 0.1) is 5.92 Å². The van der Waals surface area contributed by atoms with Crippen molar-refractivity contribution in [2.45, 2.75) is 19.0 Å².